The highest BCUT2D eigenvalue weighted by atomic mass is 79.9. The molecule has 0 radical (unpaired) electrons. The number of carbonyl (C=O) groups excluding carboxylic acids is 1. The number of aromatic nitrogens is 2. The van der Waals surface area contributed by atoms with E-state index in [0.29, 0.717) is 61.0 Å². The van der Waals surface area contributed by atoms with Crippen LogP contribution in [0.3, 0.4) is 0 Å². The van der Waals surface area contributed by atoms with Crippen LogP contribution in [0.25, 0.3) is 10.9 Å². The highest BCUT2D eigenvalue weighted by Gasteiger charge is 2.20. The summed E-state index contributed by atoms with van der Waals surface area (Å²) in [4.78, 5) is 32.1. The average molecular weight is 592 g/mol. The molecule has 4 rings (SSSR count). The monoisotopic (exact) mass is 590 g/mol. The Morgan fingerprint density at radius 1 is 1.24 bits per heavy atom. The van der Waals surface area contributed by atoms with Crippen LogP contribution >= 0.6 is 27.5 Å². The van der Waals surface area contributed by atoms with Crippen LogP contribution in [0, 0.1) is 0 Å². The maximum Gasteiger partial charge on any atom is 0.282 e. The Kier molecular flexibility index (Phi) is 8.83. The van der Waals surface area contributed by atoms with Gasteiger partial charge in [-0.2, -0.15) is 9.78 Å². The van der Waals surface area contributed by atoms with E-state index >= 15 is 0 Å². The molecule has 1 saturated heterocycles. The molecular weight excluding hydrogens is 564 g/mol. The lowest BCUT2D eigenvalue weighted by atomic mass is 10.2. The molecule has 1 aliphatic heterocycles. The van der Waals surface area contributed by atoms with E-state index in [2.05, 4.69) is 26.0 Å². The number of morpholine rings is 1. The molecule has 0 bridgehead atoms. The van der Waals surface area contributed by atoms with Gasteiger partial charge in [-0.3, -0.25) is 9.59 Å². The molecule has 1 fully saturated rings. The van der Waals surface area contributed by atoms with Crippen LogP contribution in [-0.2, 0) is 9.53 Å². The third-order valence-electron chi connectivity index (χ3n) is 5.71. The molecule has 2 aromatic carbocycles. The summed E-state index contributed by atoms with van der Waals surface area (Å²) < 4.78 is 18.9. The topological polar surface area (TPSA) is 95.2 Å². The zero-order valence-corrected chi connectivity index (χ0v) is 23.2. The molecule has 0 spiro atoms. The second-order valence-electron chi connectivity index (χ2n) is 8.69. The quantitative estimate of drug-likeness (QED) is 0.359. The zero-order chi connectivity index (χ0) is 26.5. The van der Waals surface area contributed by atoms with Gasteiger partial charge in [0.05, 0.1) is 42.0 Å². The Morgan fingerprint density at radius 3 is 2.70 bits per heavy atom. The van der Waals surface area contributed by atoms with Gasteiger partial charge >= 0.3 is 0 Å². The first-order valence-corrected chi connectivity index (χ1v) is 13.2. The molecule has 37 heavy (non-hydrogen) atoms. The summed E-state index contributed by atoms with van der Waals surface area (Å²) >= 11 is 9.94. The Labute approximate surface area is 228 Å². The summed E-state index contributed by atoms with van der Waals surface area (Å²) in [5, 5.41) is 5.18. The first kappa shape index (κ1) is 27.1. The first-order chi connectivity index (χ1) is 17.8. The minimum absolute atomic E-state index is 0.0414. The van der Waals surface area contributed by atoms with Gasteiger partial charge in [0.1, 0.15) is 5.82 Å². The number of halogens is 2. The van der Waals surface area contributed by atoms with Gasteiger partial charge in [-0.15, -0.1) is 0 Å². The van der Waals surface area contributed by atoms with Gasteiger partial charge in [-0.05, 0) is 42.8 Å². The van der Waals surface area contributed by atoms with E-state index in [-0.39, 0.29) is 34.8 Å². The number of nitrogens with zero attached hydrogens (tertiary/aromatic N) is 4. The normalized spacial score (nSPS) is 14.1. The number of amides is 1. The van der Waals surface area contributed by atoms with E-state index in [4.69, 9.17) is 25.8 Å². The summed E-state index contributed by atoms with van der Waals surface area (Å²) in [6, 6.07) is 8.74. The van der Waals surface area contributed by atoms with E-state index in [1.54, 1.807) is 29.2 Å². The number of fused-ring (bicyclic) bond motifs is 1. The molecule has 1 amide bonds. The smallest absolute Gasteiger partial charge is 0.282 e. The molecule has 1 aromatic heterocycles. The van der Waals surface area contributed by atoms with E-state index < -0.39 is 0 Å². The van der Waals surface area contributed by atoms with Crippen molar-refractivity contribution in [3.05, 3.63) is 61.6 Å². The molecule has 11 heteroatoms. The predicted octanol–water partition coefficient (Wildman–Crippen LogP) is 4.45. The largest absolute Gasteiger partial charge is 0.490 e. The zero-order valence-electron chi connectivity index (χ0n) is 20.9. The van der Waals surface area contributed by atoms with Crippen LogP contribution in [0.4, 0.5) is 0 Å². The van der Waals surface area contributed by atoms with Crippen LogP contribution in [0.1, 0.15) is 38.1 Å². The van der Waals surface area contributed by atoms with Gasteiger partial charge in [-0.1, -0.05) is 41.4 Å². The van der Waals surface area contributed by atoms with E-state index in [9.17, 15) is 9.59 Å². The maximum absolute atomic E-state index is 13.3. The van der Waals surface area contributed by atoms with Crippen molar-refractivity contribution in [3.8, 4) is 11.5 Å². The second-order valence-corrected chi connectivity index (χ2v) is 10.0. The van der Waals surface area contributed by atoms with Crippen molar-refractivity contribution in [2.45, 2.75) is 26.7 Å². The molecule has 0 N–H and O–H groups in total. The highest BCUT2D eigenvalue weighted by Crippen LogP contribution is 2.36. The highest BCUT2D eigenvalue weighted by molar-refractivity contribution is 9.10. The van der Waals surface area contributed by atoms with Crippen LogP contribution in [0.2, 0.25) is 5.02 Å². The Hall–Kier alpha value is -2.95. The second kappa shape index (κ2) is 12.1. The van der Waals surface area contributed by atoms with Gasteiger partial charge in [0.15, 0.2) is 18.1 Å². The molecule has 0 aliphatic carbocycles. The van der Waals surface area contributed by atoms with Crippen molar-refractivity contribution in [3.63, 3.8) is 0 Å². The van der Waals surface area contributed by atoms with Crippen LogP contribution in [-0.4, -0.2) is 66.2 Å². The predicted molar refractivity (Wildman–Crippen MR) is 146 cm³/mol. The molecule has 9 nitrogen and oxygen atoms in total. The molecular formula is C26H28BrClN4O5. The van der Waals surface area contributed by atoms with Gasteiger partial charge in [-0.25, -0.2) is 4.98 Å². The van der Waals surface area contributed by atoms with Crippen LogP contribution in [0.15, 0.2) is 44.7 Å². The third kappa shape index (κ3) is 6.31. The van der Waals surface area contributed by atoms with Gasteiger partial charge < -0.3 is 19.1 Å². The first-order valence-electron chi connectivity index (χ1n) is 12.0. The Bertz CT molecular complexity index is 1390. The van der Waals surface area contributed by atoms with Gasteiger partial charge in [0.25, 0.3) is 11.5 Å². The molecule has 0 atom stereocenters. The molecule has 0 unspecified atom stereocenters. The number of benzene rings is 2. The summed E-state index contributed by atoms with van der Waals surface area (Å²) in [5.74, 6) is 1.00. The van der Waals surface area contributed by atoms with E-state index in [1.807, 2.05) is 26.8 Å². The fourth-order valence-corrected chi connectivity index (χ4v) is 4.51. The summed E-state index contributed by atoms with van der Waals surface area (Å²) in [7, 11) is 0. The van der Waals surface area contributed by atoms with Gasteiger partial charge in [0, 0.05) is 23.5 Å². The lowest BCUT2D eigenvalue weighted by molar-refractivity contribution is -0.137. The summed E-state index contributed by atoms with van der Waals surface area (Å²) in [6.45, 7) is 8.02. The van der Waals surface area contributed by atoms with Crippen molar-refractivity contribution >= 4 is 50.6 Å². The lowest BCUT2D eigenvalue weighted by Gasteiger charge is -2.27. The summed E-state index contributed by atoms with van der Waals surface area (Å²) in [5.41, 5.74) is 0.929. The van der Waals surface area contributed by atoms with Crippen molar-refractivity contribution in [2.24, 2.45) is 5.10 Å². The van der Waals surface area contributed by atoms with Crippen molar-refractivity contribution < 1.29 is 19.0 Å². The average Bonchev–Trinajstić information content (AvgIpc) is 2.88. The number of hydrogen-bond donors (Lipinski definition) is 0. The fourth-order valence-electron chi connectivity index (χ4n) is 3.88. The van der Waals surface area contributed by atoms with E-state index in [0.717, 1.165) is 4.47 Å². The molecule has 0 saturated carbocycles. The molecule has 196 valence electrons. The molecule has 3 aromatic rings. The van der Waals surface area contributed by atoms with Crippen molar-refractivity contribution in [1.29, 1.82) is 0 Å². The SMILES string of the molecule is CCOc1cc(C=Nn2c(C(C)C)nc3ccc(Br)cc3c2=O)cc(Cl)c1OCC(=O)N1CCOCC1. The minimum Gasteiger partial charge on any atom is -0.490 e. The van der Waals surface area contributed by atoms with E-state index in [1.165, 1.54) is 10.9 Å². The third-order valence-corrected chi connectivity index (χ3v) is 6.48. The number of carbonyl (C=O) groups is 1. The fraction of sp³-hybridized carbons (Fsp3) is 0.385. The van der Waals surface area contributed by atoms with Crippen molar-refractivity contribution in [1.82, 2.24) is 14.6 Å². The van der Waals surface area contributed by atoms with Crippen molar-refractivity contribution in [2.75, 3.05) is 39.5 Å². The van der Waals surface area contributed by atoms with Gasteiger partial charge in [0.2, 0.25) is 0 Å². The standard InChI is InChI=1S/C26H28BrClN4O5/c1-4-36-22-12-17(11-20(28)24(22)37-15-23(33)31-7-9-35-10-8-31)14-29-32-25(16(2)3)30-21-6-5-18(27)13-19(21)26(32)34/h5-6,11-14,16H,4,7-10,15H2,1-3H3. The molecule has 2 heterocycles. The minimum atomic E-state index is -0.274. The number of hydrogen-bond acceptors (Lipinski definition) is 7. The van der Waals surface area contributed by atoms with Crippen LogP contribution in [0.5, 0.6) is 11.5 Å². The maximum atomic E-state index is 13.3. The lowest BCUT2D eigenvalue weighted by Crippen LogP contribution is -2.43. The number of rotatable bonds is 8. The Balaban J connectivity index is 1.64. The van der Waals surface area contributed by atoms with Crippen LogP contribution < -0.4 is 15.0 Å². The summed E-state index contributed by atoms with van der Waals surface area (Å²) in [6.07, 6.45) is 1.52. The Morgan fingerprint density at radius 2 is 2.00 bits per heavy atom. The number of ether oxygens (including phenoxy) is 3. The molecule has 1 aliphatic rings.